The lowest BCUT2D eigenvalue weighted by molar-refractivity contribution is -0.119. The van der Waals surface area contributed by atoms with Crippen LogP contribution in [-0.2, 0) is 21.5 Å². The molecule has 0 saturated carbocycles. The number of halogens is 3. The predicted molar refractivity (Wildman–Crippen MR) is 176 cm³/mol. The van der Waals surface area contributed by atoms with Gasteiger partial charge in [0.1, 0.15) is 5.54 Å². The molecule has 1 atom stereocenters. The number of carbonyl (C=O) groups is 3. The van der Waals surface area contributed by atoms with Gasteiger partial charge in [0.05, 0.1) is 18.8 Å². The molecule has 2 saturated heterocycles. The lowest BCUT2D eigenvalue weighted by atomic mass is 9.84. The van der Waals surface area contributed by atoms with Crippen LogP contribution in [-0.4, -0.2) is 67.0 Å². The summed E-state index contributed by atoms with van der Waals surface area (Å²) in [5.41, 5.74) is 7.27. The minimum atomic E-state index is -1.16. The molecule has 0 bridgehead atoms. The van der Waals surface area contributed by atoms with Crippen molar-refractivity contribution in [1.82, 2.24) is 9.80 Å². The highest BCUT2D eigenvalue weighted by atomic mass is 79.9. The lowest BCUT2D eigenvalue weighted by Gasteiger charge is -2.33. The zero-order chi connectivity index (χ0) is 31.3. The molecule has 0 spiro atoms. The molecule has 3 aromatic carbocycles. The summed E-state index contributed by atoms with van der Waals surface area (Å²) in [6.07, 6.45) is 3.47. The molecule has 4 amide bonds. The molecule has 1 unspecified atom stereocenters. The van der Waals surface area contributed by atoms with Gasteiger partial charge in [-0.1, -0.05) is 57.3 Å². The number of likely N-dealkylation sites (tertiary alicyclic amines) is 1. The minimum Gasteiger partial charge on any atom is -0.378 e. The number of nitrogens with two attached hydrogens (primary N) is 1. The Hall–Kier alpha value is -3.31. The van der Waals surface area contributed by atoms with E-state index in [1.165, 1.54) is 0 Å². The van der Waals surface area contributed by atoms with E-state index < -0.39 is 5.54 Å². The number of hydrogen-bond donors (Lipinski definition) is 3. The van der Waals surface area contributed by atoms with Gasteiger partial charge in [-0.15, -0.1) is 0 Å². The Morgan fingerprint density at radius 2 is 1.66 bits per heavy atom. The van der Waals surface area contributed by atoms with Gasteiger partial charge < -0.3 is 30.9 Å². The number of primary amides is 1. The topological polar surface area (TPSA) is 117 Å². The van der Waals surface area contributed by atoms with Crippen molar-refractivity contribution in [2.24, 2.45) is 5.73 Å². The maximum atomic E-state index is 13.7. The van der Waals surface area contributed by atoms with Gasteiger partial charge in [-0.25, -0.2) is 4.79 Å². The van der Waals surface area contributed by atoms with Crippen LogP contribution in [0.1, 0.15) is 40.7 Å². The third-order valence-electron chi connectivity index (χ3n) is 7.96. The number of amides is 4. The molecular formula is C32H34BrCl2N5O4. The number of piperidine rings is 1. The fourth-order valence-corrected chi connectivity index (χ4v) is 6.47. The van der Waals surface area contributed by atoms with Gasteiger partial charge in [0, 0.05) is 64.1 Å². The Labute approximate surface area is 275 Å². The molecule has 4 N–H and O–H groups in total. The summed E-state index contributed by atoms with van der Waals surface area (Å²) in [5.74, 6) is -0.251. The van der Waals surface area contributed by atoms with E-state index >= 15 is 0 Å². The summed E-state index contributed by atoms with van der Waals surface area (Å²) in [7, 11) is 0. The maximum absolute atomic E-state index is 13.7. The quantitative estimate of drug-likeness (QED) is 0.289. The first-order chi connectivity index (χ1) is 21.2. The molecule has 3 aromatic rings. The molecule has 44 heavy (non-hydrogen) atoms. The van der Waals surface area contributed by atoms with Crippen LogP contribution in [0.2, 0.25) is 10.0 Å². The largest absolute Gasteiger partial charge is 0.378 e. The number of carbonyl (C=O) groups excluding carboxylic acids is 3. The van der Waals surface area contributed by atoms with Gasteiger partial charge in [-0.05, 0) is 67.3 Å². The van der Waals surface area contributed by atoms with E-state index in [-0.39, 0.29) is 17.8 Å². The number of hydrogen-bond acceptors (Lipinski definition) is 5. The average molecular weight is 703 g/mol. The van der Waals surface area contributed by atoms with E-state index in [2.05, 4.69) is 26.6 Å². The number of anilines is 2. The number of rotatable bonds is 5. The molecule has 3 aliphatic heterocycles. The van der Waals surface area contributed by atoms with E-state index in [0.29, 0.717) is 59.7 Å². The molecule has 0 aliphatic carbocycles. The van der Waals surface area contributed by atoms with Crippen LogP contribution in [0.15, 0.2) is 65.1 Å². The summed E-state index contributed by atoms with van der Waals surface area (Å²) in [6, 6.07) is 18.0. The second kappa shape index (κ2) is 14.2. The SMILES string of the molecule is NC(=O)N1CCOCC1.O=C(c1ccc(Br)cc1NC1(Cc2cccc(Cl)c2)C(=O)Nc2cc(Cl)ccc21)N1CCCCC1. The average Bonchev–Trinajstić information content (AvgIpc) is 3.27. The summed E-state index contributed by atoms with van der Waals surface area (Å²) in [4.78, 5) is 41.1. The van der Waals surface area contributed by atoms with Crippen LogP contribution in [0.3, 0.4) is 0 Å². The van der Waals surface area contributed by atoms with Crippen molar-refractivity contribution >= 4 is 68.4 Å². The monoisotopic (exact) mass is 701 g/mol. The van der Waals surface area contributed by atoms with Crippen molar-refractivity contribution < 1.29 is 19.1 Å². The third-order valence-corrected chi connectivity index (χ3v) is 8.93. The predicted octanol–water partition coefficient (Wildman–Crippen LogP) is 6.28. The standard InChI is InChI=1S/C27H24BrCl2N3O2.C5H10N2O2/c28-18-7-9-21(25(34)33-11-2-1-3-12-33)23(14-18)32-27(16-17-5-4-6-19(29)13-17)22-10-8-20(30)15-24(22)31-26(27)35;6-5(8)7-1-3-9-4-2-7/h4-10,13-15,32H,1-3,11-12,16H2,(H,31,35);1-4H2,(H2,6,8). The van der Waals surface area contributed by atoms with Crippen molar-refractivity contribution in [3.8, 4) is 0 Å². The molecule has 232 valence electrons. The Kier molecular flexibility index (Phi) is 10.4. The molecule has 3 heterocycles. The van der Waals surface area contributed by atoms with Gasteiger partial charge in [-0.3, -0.25) is 9.59 Å². The van der Waals surface area contributed by atoms with Gasteiger partial charge in [0.25, 0.3) is 11.8 Å². The van der Waals surface area contributed by atoms with Gasteiger partial charge in [-0.2, -0.15) is 0 Å². The Bertz CT molecular complexity index is 1540. The van der Waals surface area contributed by atoms with Crippen LogP contribution in [0.5, 0.6) is 0 Å². The van der Waals surface area contributed by atoms with Crippen LogP contribution < -0.4 is 16.4 Å². The van der Waals surface area contributed by atoms with Gasteiger partial charge >= 0.3 is 6.03 Å². The van der Waals surface area contributed by atoms with E-state index in [0.717, 1.165) is 48.0 Å². The van der Waals surface area contributed by atoms with Crippen LogP contribution in [0.4, 0.5) is 16.2 Å². The Morgan fingerprint density at radius 1 is 0.932 bits per heavy atom. The maximum Gasteiger partial charge on any atom is 0.314 e. The second-order valence-electron chi connectivity index (χ2n) is 11.0. The van der Waals surface area contributed by atoms with Crippen molar-refractivity contribution in [3.63, 3.8) is 0 Å². The van der Waals surface area contributed by atoms with Crippen LogP contribution in [0.25, 0.3) is 0 Å². The van der Waals surface area contributed by atoms with Crippen molar-refractivity contribution in [3.05, 3.63) is 91.9 Å². The lowest BCUT2D eigenvalue weighted by Crippen LogP contribution is -2.45. The number of morpholine rings is 1. The summed E-state index contributed by atoms with van der Waals surface area (Å²) in [6.45, 7) is 3.98. The first kappa shape index (κ1) is 32.1. The third kappa shape index (κ3) is 7.31. The van der Waals surface area contributed by atoms with E-state index in [9.17, 15) is 14.4 Å². The molecule has 3 aliphatic rings. The summed E-state index contributed by atoms with van der Waals surface area (Å²) < 4.78 is 5.81. The van der Waals surface area contributed by atoms with Crippen molar-refractivity contribution in [2.45, 2.75) is 31.2 Å². The molecule has 2 fully saturated rings. The summed E-state index contributed by atoms with van der Waals surface area (Å²) in [5, 5.41) is 7.61. The summed E-state index contributed by atoms with van der Waals surface area (Å²) >= 11 is 16.0. The normalized spacial score (nSPS) is 19.4. The highest BCUT2D eigenvalue weighted by molar-refractivity contribution is 9.10. The zero-order valence-electron chi connectivity index (χ0n) is 24.1. The smallest absolute Gasteiger partial charge is 0.314 e. The van der Waals surface area contributed by atoms with Crippen LogP contribution >= 0.6 is 39.1 Å². The zero-order valence-corrected chi connectivity index (χ0v) is 27.2. The highest BCUT2D eigenvalue weighted by Gasteiger charge is 2.47. The number of fused-ring (bicyclic) bond motifs is 1. The molecule has 0 radical (unpaired) electrons. The first-order valence-corrected chi connectivity index (χ1v) is 16.1. The van der Waals surface area contributed by atoms with Crippen molar-refractivity contribution in [1.29, 1.82) is 0 Å². The molecule has 6 rings (SSSR count). The molecule has 12 heteroatoms. The van der Waals surface area contributed by atoms with Gasteiger partial charge in [0.2, 0.25) is 0 Å². The number of nitrogens with one attached hydrogen (secondary N) is 2. The minimum absolute atomic E-state index is 0.0349. The number of urea groups is 1. The Balaban J connectivity index is 0.000000367. The molecular weight excluding hydrogens is 669 g/mol. The van der Waals surface area contributed by atoms with E-state index in [1.807, 2.05) is 47.4 Å². The van der Waals surface area contributed by atoms with Crippen LogP contribution in [0, 0.1) is 0 Å². The van der Waals surface area contributed by atoms with Crippen molar-refractivity contribution in [2.75, 3.05) is 50.0 Å². The van der Waals surface area contributed by atoms with E-state index in [4.69, 9.17) is 33.7 Å². The van der Waals surface area contributed by atoms with E-state index in [1.54, 1.807) is 23.1 Å². The number of ether oxygens (including phenoxy) is 1. The second-order valence-corrected chi connectivity index (χ2v) is 12.8. The Morgan fingerprint density at radius 3 is 2.34 bits per heavy atom. The number of nitrogens with zero attached hydrogens (tertiary/aromatic N) is 2. The number of benzene rings is 3. The molecule has 9 nitrogen and oxygen atoms in total. The van der Waals surface area contributed by atoms with Gasteiger partial charge in [0.15, 0.2) is 0 Å². The fourth-order valence-electron chi connectivity index (χ4n) is 5.73. The molecule has 0 aromatic heterocycles. The highest BCUT2D eigenvalue weighted by Crippen LogP contribution is 2.43. The first-order valence-electron chi connectivity index (χ1n) is 14.5. The fraction of sp³-hybridized carbons (Fsp3) is 0.344.